The van der Waals surface area contributed by atoms with Crippen LogP contribution in [-0.4, -0.2) is 0 Å². The highest BCUT2D eigenvalue weighted by atomic mass is 14.5. The van der Waals surface area contributed by atoms with Gasteiger partial charge in [-0.15, -0.1) is 0 Å². The summed E-state index contributed by atoms with van der Waals surface area (Å²) in [5, 5.41) is 0. The molecule has 0 heterocycles. The van der Waals surface area contributed by atoms with Crippen molar-refractivity contribution in [3.8, 4) is 0 Å². The van der Waals surface area contributed by atoms with Crippen LogP contribution in [0, 0.1) is 40.9 Å². The van der Waals surface area contributed by atoms with E-state index in [0.29, 0.717) is 5.41 Å². The third kappa shape index (κ3) is 6.59. The maximum absolute atomic E-state index is 2.56. The molecule has 7 atom stereocenters. The Balaban J connectivity index is 1.67. The number of rotatable bonds is 13. The fourth-order valence-electron chi connectivity index (χ4n) is 5.74. The van der Waals surface area contributed by atoms with Crippen LogP contribution >= 0.6 is 0 Å². The molecule has 0 aromatic rings. The quantitative estimate of drug-likeness (QED) is 0.313. The summed E-state index contributed by atoms with van der Waals surface area (Å²) in [6.45, 7) is 14.8. The summed E-state index contributed by atoms with van der Waals surface area (Å²) in [5.41, 5.74) is 0.672. The molecule has 0 saturated heterocycles. The highest BCUT2D eigenvalue weighted by Gasteiger charge is 2.44. The maximum Gasteiger partial charge on any atom is -0.0295 e. The zero-order chi connectivity index (χ0) is 18.4. The van der Waals surface area contributed by atoms with E-state index in [1.54, 1.807) is 6.42 Å². The second-order valence-corrected chi connectivity index (χ2v) is 10.8. The summed E-state index contributed by atoms with van der Waals surface area (Å²) in [6.07, 6.45) is 17.8. The molecule has 0 N–H and O–H groups in total. The molecular weight excluding hydrogens is 300 g/mol. The summed E-state index contributed by atoms with van der Waals surface area (Å²) < 4.78 is 0. The van der Waals surface area contributed by atoms with Crippen LogP contribution in [0.5, 0.6) is 0 Å². The van der Waals surface area contributed by atoms with E-state index in [9.17, 15) is 0 Å². The van der Waals surface area contributed by atoms with Gasteiger partial charge in [-0.2, -0.15) is 0 Å². The van der Waals surface area contributed by atoms with Gasteiger partial charge in [0.15, 0.2) is 0 Å². The topological polar surface area (TPSA) is 0 Å². The Morgan fingerprint density at radius 1 is 0.920 bits per heavy atom. The van der Waals surface area contributed by atoms with Gasteiger partial charge >= 0.3 is 0 Å². The Morgan fingerprint density at radius 3 is 2.12 bits per heavy atom. The zero-order valence-corrected chi connectivity index (χ0v) is 18.4. The highest BCUT2D eigenvalue weighted by molar-refractivity contribution is 4.94. The Hall–Kier alpha value is 0. The first-order chi connectivity index (χ1) is 11.9. The van der Waals surface area contributed by atoms with Gasteiger partial charge in [0.05, 0.1) is 0 Å². The molecule has 0 spiro atoms. The van der Waals surface area contributed by atoms with Crippen molar-refractivity contribution in [2.24, 2.45) is 40.9 Å². The van der Waals surface area contributed by atoms with Crippen molar-refractivity contribution in [3.05, 3.63) is 0 Å². The molecular formula is C25H48. The minimum absolute atomic E-state index is 0.672. The van der Waals surface area contributed by atoms with Crippen LogP contribution in [0.3, 0.4) is 0 Å². The molecule has 0 radical (unpaired) electrons. The molecule has 148 valence electrons. The van der Waals surface area contributed by atoms with Gasteiger partial charge in [-0.05, 0) is 66.6 Å². The van der Waals surface area contributed by atoms with Gasteiger partial charge in [-0.3, -0.25) is 0 Å². The Bertz CT molecular complexity index is 372. The van der Waals surface area contributed by atoms with Crippen LogP contribution in [0.15, 0.2) is 0 Å². The summed E-state index contributed by atoms with van der Waals surface area (Å²) in [7, 11) is 0. The van der Waals surface area contributed by atoms with E-state index < -0.39 is 0 Å². The number of hydrogen-bond donors (Lipinski definition) is 0. The molecule has 7 unspecified atom stereocenters. The van der Waals surface area contributed by atoms with E-state index in [1.165, 1.54) is 70.6 Å². The Kier molecular flexibility index (Phi) is 8.35. The molecule has 2 aliphatic rings. The lowest BCUT2D eigenvalue weighted by molar-refractivity contribution is -0.0142. The van der Waals surface area contributed by atoms with Gasteiger partial charge in [-0.25, -0.2) is 0 Å². The summed E-state index contributed by atoms with van der Waals surface area (Å²) in [5.74, 6) is 6.03. The molecule has 2 fully saturated rings. The first kappa shape index (κ1) is 21.3. The van der Waals surface area contributed by atoms with E-state index in [2.05, 4.69) is 41.5 Å². The molecule has 0 aromatic carbocycles. The molecule has 0 nitrogen and oxygen atoms in total. The van der Waals surface area contributed by atoms with E-state index in [-0.39, 0.29) is 0 Å². The van der Waals surface area contributed by atoms with Crippen molar-refractivity contribution in [1.29, 1.82) is 0 Å². The molecule has 2 rings (SSSR count). The van der Waals surface area contributed by atoms with E-state index in [0.717, 1.165) is 35.5 Å². The highest BCUT2D eigenvalue weighted by Crippen LogP contribution is 2.54. The lowest BCUT2D eigenvalue weighted by Crippen LogP contribution is -2.42. The van der Waals surface area contributed by atoms with Crippen molar-refractivity contribution in [2.45, 2.75) is 119 Å². The minimum Gasteiger partial charge on any atom is -0.0654 e. The van der Waals surface area contributed by atoms with Crippen molar-refractivity contribution < 1.29 is 0 Å². The normalized spacial score (nSPS) is 36.7. The maximum atomic E-state index is 2.56. The first-order valence-electron chi connectivity index (χ1n) is 11.9. The van der Waals surface area contributed by atoms with Crippen LogP contribution in [0.1, 0.15) is 119 Å². The summed E-state index contributed by atoms with van der Waals surface area (Å²) >= 11 is 0. The predicted molar refractivity (Wildman–Crippen MR) is 113 cm³/mol. The minimum atomic E-state index is 0.672. The van der Waals surface area contributed by atoms with Crippen LogP contribution in [-0.2, 0) is 0 Å². The molecule has 0 aromatic heterocycles. The molecule has 0 amide bonds. The summed E-state index contributed by atoms with van der Waals surface area (Å²) in [4.78, 5) is 0. The van der Waals surface area contributed by atoms with Crippen LogP contribution < -0.4 is 0 Å². The average molecular weight is 349 g/mol. The number of unbranched alkanes of at least 4 members (excludes halogenated alkanes) is 1. The van der Waals surface area contributed by atoms with Crippen LogP contribution in [0.2, 0.25) is 0 Å². The SMILES string of the molecule is CCCCC(C)CCCC(CCCC1(C)CC(C)C1C)CC1CC1C. The monoisotopic (exact) mass is 348 g/mol. The third-order valence-electron chi connectivity index (χ3n) is 8.37. The van der Waals surface area contributed by atoms with Crippen molar-refractivity contribution in [2.75, 3.05) is 0 Å². The van der Waals surface area contributed by atoms with Crippen molar-refractivity contribution in [1.82, 2.24) is 0 Å². The lowest BCUT2D eigenvalue weighted by Gasteiger charge is -2.51. The Labute approximate surface area is 159 Å². The fourth-order valence-corrected chi connectivity index (χ4v) is 5.74. The van der Waals surface area contributed by atoms with Gasteiger partial charge in [0.25, 0.3) is 0 Å². The molecule has 0 bridgehead atoms. The molecule has 0 heteroatoms. The van der Waals surface area contributed by atoms with Gasteiger partial charge in [0.1, 0.15) is 0 Å². The van der Waals surface area contributed by atoms with Gasteiger partial charge in [0, 0.05) is 0 Å². The molecule has 2 saturated carbocycles. The van der Waals surface area contributed by atoms with E-state index >= 15 is 0 Å². The predicted octanol–water partition coefficient (Wildman–Crippen LogP) is 8.50. The molecule has 25 heavy (non-hydrogen) atoms. The van der Waals surface area contributed by atoms with Crippen LogP contribution in [0.25, 0.3) is 0 Å². The molecule has 0 aliphatic heterocycles. The zero-order valence-electron chi connectivity index (χ0n) is 18.4. The van der Waals surface area contributed by atoms with Crippen molar-refractivity contribution >= 4 is 0 Å². The second kappa shape index (κ2) is 9.80. The van der Waals surface area contributed by atoms with E-state index in [4.69, 9.17) is 0 Å². The average Bonchev–Trinajstić information content (AvgIpc) is 3.27. The smallest absolute Gasteiger partial charge is 0.0295 e. The second-order valence-electron chi connectivity index (χ2n) is 10.8. The summed E-state index contributed by atoms with van der Waals surface area (Å²) in [6, 6.07) is 0. The van der Waals surface area contributed by atoms with Crippen LogP contribution in [0.4, 0.5) is 0 Å². The van der Waals surface area contributed by atoms with E-state index in [1.807, 2.05) is 0 Å². The largest absolute Gasteiger partial charge is 0.0654 e. The lowest BCUT2D eigenvalue weighted by atomic mass is 9.54. The Morgan fingerprint density at radius 2 is 1.56 bits per heavy atom. The standard InChI is InChI=1S/C25H48/c1-7-8-11-19(2)12-9-13-23(17-24-16-20(24)3)14-10-15-25(6)18-21(4)22(25)5/h19-24H,7-18H2,1-6H3. The van der Waals surface area contributed by atoms with Gasteiger partial charge in [0.2, 0.25) is 0 Å². The van der Waals surface area contributed by atoms with Gasteiger partial charge in [-0.1, -0.05) is 92.9 Å². The number of hydrogen-bond acceptors (Lipinski definition) is 0. The molecule has 2 aliphatic carbocycles. The fraction of sp³-hybridized carbons (Fsp3) is 1.00. The first-order valence-corrected chi connectivity index (χ1v) is 11.9. The third-order valence-corrected chi connectivity index (χ3v) is 8.37. The van der Waals surface area contributed by atoms with Crippen molar-refractivity contribution in [3.63, 3.8) is 0 Å². The van der Waals surface area contributed by atoms with Gasteiger partial charge < -0.3 is 0 Å².